The first-order valence-corrected chi connectivity index (χ1v) is 20.5. The number of rotatable bonds is 24. The summed E-state index contributed by atoms with van der Waals surface area (Å²) in [7, 11) is 0. The van der Waals surface area contributed by atoms with E-state index in [0.717, 1.165) is 44.9 Å². The Morgan fingerprint density at radius 1 is 0.643 bits per heavy atom. The van der Waals surface area contributed by atoms with Crippen molar-refractivity contribution in [3.8, 4) is 5.75 Å². The van der Waals surface area contributed by atoms with E-state index in [2.05, 4.69) is 83.2 Å². The van der Waals surface area contributed by atoms with E-state index in [-0.39, 0.29) is 42.4 Å². The molecule has 56 heavy (non-hydrogen) atoms. The zero-order chi connectivity index (χ0) is 42.2. The number of benzene rings is 2. The molecule has 0 saturated carbocycles. The molecule has 0 atom stereocenters. The Labute approximate surface area is 337 Å². The van der Waals surface area contributed by atoms with E-state index in [1.807, 2.05) is 48.5 Å². The Morgan fingerprint density at radius 3 is 1.70 bits per heavy atom. The highest BCUT2D eigenvalue weighted by molar-refractivity contribution is 6.00. The number of carbonyl (C=O) groups excluding carboxylic acids is 3. The number of allylic oxidation sites excluding steroid dienone is 10. The van der Waals surface area contributed by atoms with E-state index in [4.69, 9.17) is 9.84 Å². The molecule has 0 aliphatic heterocycles. The van der Waals surface area contributed by atoms with Gasteiger partial charge in [0.05, 0.1) is 23.4 Å². The first-order chi connectivity index (χ1) is 27.3. The number of ketones is 1. The predicted octanol–water partition coefficient (Wildman–Crippen LogP) is 13.6. The molecule has 0 aliphatic carbocycles. The third-order valence-electron chi connectivity index (χ3n) is 7.19. The molecule has 0 aromatic heterocycles. The number of hydrogen-bond donors (Lipinski definition) is 2. The van der Waals surface area contributed by atoms with Gasteiger partial charge < -0.3 is 15.2 Å². The van der Waals surface area contributed by atoms with Gasteiger partial charge in [-0.2, -0.15) is 10.2 Å². The van der Waals surface area contributed by atoms with Crippen LogP contribution in [0, 0.1) is 0 Å². The highest BCUT2D eigenvalue weighted by Gasteiger charge is 2.16. The summed E-state index contributed by atoms with van der Waals surface area (Å²) in [5.74, 6) is -1.70. The van der Waals surface area contributed by atoms with Crippen LogP contribution in [0.1, 0.15) is 153 Å². The van der Waals surface area contributed by atoms with Gasteiger partial charge in [0.25, 0.3) is 5.91 Å². The molecule has 9 heteroatoms. The van der Waals surface area contributed by atoms with Gasteiger partial charge in [-0.15, -0.1) is 0 Å². The molecule has 0 radical (unpaired) electrons. The van der Waals surface area contributed by atoms with Gasteiger partial charge in [0.1, 0.15) is 5.75 Å². The zero-order valence-corrected chi connectivity index (χ0v) is 35.4. The summed E-state index contributed by atoms with van der Waals surface area (Å²) >= 11 is 0. The fourth-order valence-electron chi connectivity index (χ4n) is 4.45. The summed E-state index contributed by atoms with van der Waals surface area (Å²) in [6.45, 7) is 16.2. The molecular formula is C47H69N3O6. The van der Waals surface area contributed by atoms with Crippen molar-refractivity contribution in [2.45, 2.75) is 132 Å². The second kappa shape index (κ2) is 38.1. The molecule has 0 unspecified atom stereocenters. The van der Waals surface area contributed by atoms with Gasteiger partial charge in [-0.25, -0.2) is 0 Å². The summed E-state index contributed by atoms with van der Waals surface area (Å²) in [5.41, 5.74) is 1.55. The van der Waals surface area contributed by atoms with Crippen molar-refractivity contribution in [3.63, 3.8) is 0 Å². The molecule has 2 rings (SSSR count). The van der Waals surface area contributed by atoms with Crippen molar-refractivity contribution in [1.29, 1.82) is 0 Å². The highest BCUT2D eigenvalue weighted by atomic mass is 16.5. The molecule has 0 fully saturated rings. The predicted molar refractivity (Wildman–Crippen MR) is 233 cm³/mol. The lowest BCUT2D eigenvalue weighted by Crippen LogP contribution is -2.25. The number of aliphatic carboxylic acids is 1. The fourth-order valence-corrected chi connectivity index (χ4v) is 4.45. The largest absolute Gasteiger partial charge is 0.481 e. The highest BCUT2D eigenvalue weighted by Crippen LogP contribution is 2.28. The first-order valence-electron chi connectivity index (χ1n) is 20.5. The Morgan fingerprint density at radius 2 is 1.16 bits per heavy atom. The van der Waals surface area contributed by atoms with E-state index in [0.29, 0.717) is 36.2 Å². The van der Waals surface area contributed by atoms with Crippen LogP contribution in [-0.2, 0) is 9.59 Å². The lowest BCUT2D eigenvalue weighted by molar-refractivity contribution is -0.137. The molecule has 2 aromatic carbocycles. The van der Waals surface area contributed by atoms with Crippen LogP contribution in [0.5, 0.6) is 5.75 Å². The third kappa shape index (κ3) is 27.4. The number of esters is 1. The normalized spacial score (nSPS) is 11.0. The molecule has 0 heterocycles. The van der Waals surface area contributed by atoms with Crippen LogP contribution < -0.4 is 10.1 Å². The van der Waals surface area contributed by atoms with Crippen LogP contribution in [-0.4, -0.2) is 35.3 Å². The van der Waals surface area contributed by atoms with Crippen molar-refractivity contribution in [3.05, 3.63) is 114 Å². The summed E-state index contributed by atoms with van der Waals surface area (Å²) in [5, 5.41) is 19.7. The van der Waals surface area contributed by atoms with Crippen LogP contribution in [0.4, 0.5) is 11.4 Å². The SMILES string of the molecule is CC.CC.CC.CC/C=C\C/C=C\C/C=C\C/C=C\C/C=C\CCCC(=O)Oc1ccc(N=Nc2ccc(C(=O)NCCC(=O)O)cc2)cc1C(=O)CCCC. The quantitative estimate of drug-likeness (QED) is 0.0272. The Kier molecular flexibility index (Phi) is 36.0. The summed E-state index contributed by atoms with van der Waals surface area (Å²) in [6, 6.07) is 11.1. The Balaban J connectivity index is 0. The number of carboxylic acid groups (broad SMARTS) is 1. The number of amides is 1. The minimum atomic E-state index is -0.990. The number of unbranched alkanes of at least 4 members (excludes halogenated alkanes) is 2. The van der Waals surface area contributed by atoms with Gasteiger partial charge in [0.15, 0.2) is 5.78 Å². The fraction of sp³-hybridized carbons (Fsp3) is 0.447. The van der Waals surface area contributed by atoms with Crippen molar-refractivity contribution < 1.29 is 29.0 Å². The van der Waals surface area contributed by atoms with Crippen molar-refractivity contribution in [1.82, 2.24) is 5.32 Å². The van der Waals surface area contributed by atoms with E-state index >= 15 is 0 Å². The first kappa shape index (κ1) is 52.9. The molecule has 308 valence electrons. The number of nitrogens with one attached hydrogen (secondary N) is 1. The molecule has 2 N–H and O–H groups in total. The number of nitrogens with zero attached hydrogens (tertiary/aromatic N) is 2. The van der Waals surface area contributed by atoms with Crippen molar-refractivity contribution in [2.75, 3.05) is 6.54 Å². The molecular weight excluding hydrogens is 703 g/mol. The van der Waals surface area contributed by atoms with Crippen LogP contribution in [0.15, 0.2) is 113 Å². The van der Waals surface area contributed by atoms with Crippen molar-refractivity contribution in [2.24, 2.45) is 10.2 Å². The van der Waals surface area contributed by atoms with Crippen LogP contribution in [0.3, 0.4) is 0 Å². The lowest BCUT2D eigenvalue weighted by atomic mass is 10.0. The van der Waals surface area contributed by atoms with Gasteiger partial charge >= 0.3 is 11.9 Å². The number of ether oxygens (including phenoxy) is 1. The summed E-state index contributed by atoms with van der Waals surface area (Å²) < 4.78 is 5.62. The average Bonchev–Trinajstić information content (AvgIpc) is 3.22. The maximum atomic E-state index is 13.0. The maximum Gasteiger partial charge on any atom is 0.311 e. The topological polar surface area (TPSA) is 134 Å². The number of hydrogen-bond acceptors (Lipinski definition) is 7. The van der Waals surface area contributed by atoms with Crippen LogP contribution in [0.25, 0.3) is 0 Å². The molecule has 0 aliphatic rings. The van der Waals surface area contributed by atoms with Gasteiger partial charge in [-0.3, -0.25) is 19.2 Å². The third-order valence-corrected chi connectivity index (χ3v) is 7.19. The number of carbonyl (C=O) groups is 4. The number of Topliss-reactive ketones (excluding diaryl/α,β-unsaturated/α-hetero) is 1. The minimum absolute atomic E-state index is 0.0331. The molecule has 1 amide bonds. The molecule has 0 bridgehead atoms. The van der Waals surface area contributed by atoms with Gasteiger partial charge in [-0.1, -0.05) is 123 Å². The van der Waals surface area contributed by atoms with Crippen LogP contribution in [0.2, 0.25) is 0 Å². The van der Waals surface area contributed by atoms with Gasteiger partial charge in [0.2, 0.25) is 0 Å². The zero-order valence-electron chi connectivity index (χ0n) is 35.4. The molecule has 0 spiro atoms. The summed E-state index contributed by atoms with van der Waals surface area (Å²) in [6.07, 6.45) is 29.6. The van der Waals surface area contributed by atoms with Crippen LogP contribution >= 0.6 is 0 Å². The van der Waals surface area contributed by atoms with E-state index < -0.39 is 11.9 Å². The van der Waals surface area contributed by atoms with E-state index in [1.165, 1.54) is 0 Å². The number of azo groups is 1. The monoisotopic (exact) mass is 772 g/mol. The second-order valence-electron chi connectivity index (χ2n) is 11.4. The smallest absolute Gasteiger partial charge is 0.311 e. The molecule has 0 saturated heterocycles. The van der Waals surface area contributed by atoms with E-state index in [9.17, 15) is 19.2 Å². The van der Waals surface area contributed by atoms with Gasteiger partial charge in [-0.05, 0) is 93.8 Å². The van der Waals surface area contributed by atoms with Crippen molar-refractivity contribution >= 4 is 35.0 Å². The lowest BCUT2D eigenvalue weighted by Gasteiger charge is -2.10. The standard InChI is InChI=1S/C41H51N3O6.3C2H6/c1-3-5-7-8-9-10-11-12-13-14-15-16-17-18-19-20-21-23-40(48)50-38-29-28-35(32-36(38)37(45)22-6-4-2)44-43-34-26-24-33(25-27-34)41(49)42-31-30-39(46)47;3*1-2/h5,7,9-10,12-13,15-16,18-19,24-29,32H,3-4,6,8,11,14,17,20-23,30-31H2,1-2H3,(H,42,49)(H,46,47);3*1-2H3/b7-5-,10-9-,13-12-,16-15-,19-18-,44-43?;;;. The molecule has 2 aromatic rings. The Hall–Kier alpha value is -5.18. The van der Waals surface area contributed by atoms with E-state index in [1.54, 1.807) is 42.5 Å². The second-order valence-corrected chi connectivity index (χ2v) is 11.4. The minimum Gasteiger partial charge on any atom is -0.481 e. The summed E-state index contributed by atoms with van der Waals surface area (Å²) in [4.78, 5) is 48.5. The van der Waals surface area contributed by atoms with Gasteiger partial charge in [0, 0.05) is 24.9 Å². The average molecular weight is 772 g/mol. The maximum absolute atomic E-state index is 13.0. The molecule has 9 nitrogen and oxygen atoms in total. The number of carboxylic acids is 1. The Bertz CT molecular complexity index is 1540.